The smallest absolute Gasteiger partial charge is 0.0487 e. The summed E-state index contributed by atoms with van der Waals surface area (Å²) in [5, 5.41) is 0. The van der Waals surface area contributed by atoms with Gasteiger partial charge >= 0.3 is 0 Å². The van der Waals surface area contributed by atoms with Crippen LogP contribution in [0, 0.1) is 0 Å². The maximum atomic E-state index is 3.43. The molecule has 2 rings (SSSR count). The second-order valence-corrected chi connectivity index (χ2v) is 4.32. The normalized spacial score (nSPS) is 18.4. The van der Waals surface area contributed by atoms with Crippen LogP contribution < -0.4 is 10.9 Å². The molecule has 2 N–H and O–H groups in total. The molecule has 1 saturated carbocycles. The van der Waals surface area contributed by atoms with Gasteiger partial charge in [0.2, 0.25) is 0 Å². The van der Waals surface area contributed by atoms with Gasteiger partial charge in [0.05, 0.1) is 0 Å². The maximum Gasteiger partial charge on any atom is 0.0487 e. The highest BCUT2D eigenvalue weighted by Gasteiger charge is 2.10. The monoisotopic (exact) mass is 204 g/mol. The van der Waals surface area contributed by atoms with Crippen molar-refractivity contribution in [3.8, 4) is 0 Å². The average Bonchev–Trinajstić information content (AvgIpc) is 2.56. The van der Waals surface area contributed by atoms with Crippen LogP contribution in [0.2, 0.25) is 0 Å². The van der Waals surface area contributed by atoms with Crippen molar-refractivity contribution in [2.45, 2.75) is 44.6 Å². The first-order valence-electron chi connectivity index (χ1n) is 6.02. The lowest BCUT2D eigenvalue weighted by atomic mass is 10.1. The first kappa shape index (κ1) is 10.5. The summed E-state index contributed by atoms with van der Waals surface area (Å²) in [5.41, 5.74) is 7.87. The highest BCUT2D eigenvalue weighted by Crippen LogP contribution is 2.17. The van der Waals surface area contributed by atoms with E-state index in [9.17, 15) is 0 Å². The van der Waals surface area contributed by atoms with Gasteiger partial charge in [0.15, 0.2) is 0 Å². The Morgan fingerprint density at radius 2 is 1.53 bits per heavy atom. The summed E-state index contributed by atoms with van der Waals surface area (Å²) >= 11 is 0. The van der Waals surface area contributed by atoms with Gasteiger partial charge in [0.25, 0.3) is 0 Å². The van der Waals surface area contributed by atoms with Gasteiger partial charge < -0.3 is 5.43 Å². The Bertz CT molecular complexity index is 263. The molecule has 82 valence electrons. The first-order valence-corrected chi connectivity index (χ1v) is 6.02. The predicted octanol–water partition coefficient (Wildman–Crippen LogP) is 3.33. The molecule has 1 fully saturated rings. The third kappa shape index (κ3) is 3.56. The molecule has 0 atom stereocenters. The largest absolute Gasteiger partial charge is 0.321 e. The van der Waals surface area contributed by atoms with Crippen LogP contribution in [0.15, 0.2) is 30.3 Å². The van der Waals surface area contributed by atoms with Crippen LogP contribution >= 0.6 is 0 Å². The summed E-state index contributed by atoms with van der Waals surface area (Å²) in [6.07, 6.45) is 8.16. The molecule has 2 nitrogen and oxygen atoms in total. The molecular formula is C13H20N2. The van der Waals surface area contributed by atoms with E-state index in [0.717, 1.165) is 5.69 Å². The lowest BCUT2D eigenvalue weighted by Gasteiger charge is -2.17. The lowest BCUT2D eigenvalue weighted by Crippen LogP contribution is -2.33. The zero-order chi connectivity index (χ0) is 10.3. The molecule has 0 radical (unpaired) electrons. The first-order chi connectivity index (χ1) is 7.45. The number of anilines is 1. The topological polar surface area (TPSA) is 24.1 Å². The molecule has 0 saturated heterocycles. The number of hydrogen-bond acceptors (Lipinski definition) is 2. The molecule has 0 amide bonds. The van der Waals surface area contributed by atoms with Crippen LogP contribution in [0.25, 0.3) is 0 Å². The Morgan fingerprint density at radius 1 is 0.867 bits per heavy atom. The van der Waals surface area contributed by atoms with E-state index in [1.807, 2.05) is 6.07 Å². The zero-order valence-corrected chi connectivity index (χ0v) is 9.21. The second kappa shape index (κ2) is 5.76. The SMILES string of the molecule is c1ccc(NNC2CCCCCC2)cc1. The van der Waals surface area contributed by atoms with Crippen molar-refractivity contribution in [3.05, 3.63) is 30.3 Å². The van der Waals surface area contributed by atoms with E-state index >= 15 is 0 Å². The molecule has 1 aromatic rings. The molecular weight excluding hydrogens is 184 g/mol. The Labute approximate surface area is 92.1 Å². The fourth-order valence-electron chi connectivity index (χ4n) is 2.13. The van der Waals surface area contributed by atoms with Crippen LogP contribution in [-0.2, 0) is 0 Å². The molecule has 0 bridgehead atoms. The molecule has 0 heterocycles. The van der Waals surface area contributed by atoms with Crippen LogP contribution in [0.5, 0.6) is 0 Å². The van der Waals surface area contributed by atoms with E-state index in [4.69, 9.17) is 0 Å². The van der Waals surface area contributed by atoms with E-state index in [-0.39, 0.29) is 0 Å². The maximum absolute atomic E-state index is 3.43. The van der Waals surface area contributed by atoms with Crippen molar-refractivity contribution < 1.29 is 0 Å². The van der Waals surface area contributed by atoms with E-state index in [1.54, 1.807) is 0 Å². The summed E-state index contributed by atoms with van der Waals surface area (Å²) in [5.74, 6) is 0. The van der Waals surface area contributed by atoms with Gasteiger partial charge in [-0.25, -0.2) is 5.43 Å². The Balaban J connectivity index is 1.77. The fraction of sp³-hybridized carbons (Fsp3) is 0.538. The molecule has 0 aliphatic heterocycles. The summed E-state index contributed by atoms with van der Waals surface area (Å²) < 4.78 is 0. The molecule has 0 spiro atoms. The number of hydrogen-bond donors (Lipinski definition) is 2. The average molecular weight is 204 g/mol. The van der Waals surface area contributed by atoms with Crippen LogP contribution in [-0.4, -0.2) is 6.04 Å². The van der Waals surface area contributed by atoms with E-state index in [1.165, 1.54) is 38.5 Å². The summed E-state index contributed by atoms with van der Waals surface area (Å²) in [6.45, 7) is 0. The van der Waals surface area contributed by atoms with Crippen molar-refractivity contribution in [1.29, 1.82) is 0 Å². The van der Waals surface area contributed by atoms with Crippen molar-refractivity contribution in [2.24, 2.45) is 0 Å². The predicted molar refractivity (Wildman–Crippen MR) is 64.7 cm³/mol. The second-order valence-electron chi connectivity index (χ2n) is 4.32. The summed E-state index contributed by atoms with van der Waals surface area (Å²) in [7, 11) is 0. The van der Waals surface area contributed by atoms with Gasteiger partial charge in [-0.2, -0.15) is 0 Å². The molecule has 1 aliphatic rings. The molecule has 1 aliphatic carbocycles. The van der Waals surface area contributed by atoms with Crippen molar-refractivity contribution >= 4 is 5.69 Å². The highest BCUT2D eigenvalue weighted by molar-refractivity contribution is 5.41. The van der Waals surface area contributed by atoms with Gasteiger partial charge in [-0.1, -0.05) is 43.9 Å². The van der Waals surface area contributed by atoms with E-state index in [0.29, 0.717) is 6.04 Å². The van der Waals surface area contributed by atoms with Crippen molar-refractivity contribution in [3.63, 3.8) is 0 Å². The van der Waals surface area contributed by atoms with Crippen LogP contribution in [0.3, 0.4) is 0 Å². The third-order valence-corrected chi connectivity index (χ3v) is 3.05. The molecule has 0 aromatic heterocycles. The number of benzene rings is 1. The lowest BCUT2D eigenvalue weighted by molar-refractivity contribution is 0.496. The number of para-hydroxylation sites is 1. The molecule has 1 aromatic carbocycles. The summed E-state index contributed by atoms with van der Waals surface area (Å²) in [4.78, 5) is 0. The molecule has 2 heteroatoms. The van der Waals surface area contributed by atoms with Crippen molar-refractivity contribution in [2.75, 3.05) is 5.43 Å². The van der Waals surface area contributed by atoms with E-state index < -0.39 is 0 Å². The van der Waals surface area contributed by atoms with Gasteiger partial charge in [0, 0.05) is 11.7 Å². The highest BCUT2D eigenvalue weighted by atomic mass is 15.4. The Kier molecular flexibility index (Phi) is 4.03. The quantitative estimate of drug-likeness (QED) is 0.583. The van der Waals surface area contributed by atoms with Gasteiger partial charge in [-0.3, -0.25) is 0 Å². The minimum absolute atomic E-state index is 0.646. The van der Waals surface area contributed by atoms with Crippen LogP contribution in [0.4, 0.5) is 5.69 Å². The minimum Gasteiger partial charge on any atom is -0.321 e. The zero-order valence-electron chi connectivity index (χ0n) is 9.21. The number of rotatable bonds is 3. The van der Waals surface area contributed by atoms with Gasteiger partial charge in [-0.05, 0) is 25.0 Å². The van der Waals surface area contributed by atoms with E-state index in [2.05, 4.69) is 35.1 Å². The fourth-order valence-corrected chi connectivity index (χ4v) is 2.13. The van der Waals surface area contributed by atoms with Crippen molar-refractivity contribution in [1.82, 2.24) is 5.43 Å². The van der Waals surface area contributed by atoms with Gasteiger partial charge in [-0.15, -0.1) is 0 Å². The number of nitrogens with one attached hydrogen (secondary N) is 2. The molecule has 0 unspecified atom stereocenters. The number of hydrazine groups is 1. The Morgan fingerprint density at radius 3 is 2.20 bits per heavy atom. The van der Waals surface area contributed by atoms with Gasteiger partial charge in [0.1, 0.15) is 0 Å². The summed E-state index contributed by atoms with van der Waals surface area (Å²) in [6, 6.07) is 11.0. The minimum atomic E-state index is 0.646. The molecule has 15 heavy (non-hydrogen) atoms. The standard InChI is InChI=1S/C13H20N2/c1-2-5-9-12(8-4-1)14-15-13-10-6-3-7-11-13/h3,6-7,10-12,14-15H,1-2,4-5,8-9H2. The third-order valence-electron chi connectivity index (χ3n) is 3.05. The Hall–Kier alpha value is -1.02. The van der Waals surface area contributed by atoms with Crippen LogP contribution in [0.1, 0.15) is 38.5 Å².